The van der Waals surface area contributed by atoms with Crippen molar-refractivity contribution in [2.24, 2.45) is 0 Å². The molecule has 3 aromatic rings. The molecule has 0 aliphatic rings. The summed E-state index contributed by atoms with van der Waals surface area (Å²) < 4.78 is 44.3. The van der Waals surface area contributed by atoms with Crippen LogP contribution in [0.3, 0.4) is 0 Å². The van der Waals surface area contributed by atoms with Crippen molar-refractivity contribution in [1.29, 1.82) is 0 Å². The zero-order chi connectivity index (χ0) is 19.3. The van der Waals surface area contributed by atoms with E-state index < -0.39 is 28.1 Å². The van der Waals surface area contributed by atoms with Crippen LogP contribution in [0.5, 0.6) is 5.88 Å². The Kier molecular flexibility index (Phi) is 5.98. The predicted molar refractivity (Wildman–Crippen MR) is 104 cm³/mol. The minimum atomic E-state index is -2.84. The second-order valence-corrected chi connectivity index (χ2v) is 7.26. The predicted octanol–water partition coefficient (Wildman–Crippen LogP) is 4.68. The van der Waals surface area contributed by atoms with Crippen LogP contribution in [0.1, 0.15) is 24.0 Å². The second-order valence-electron chi connectivity index (χ2n) is 6.17. The van der Waals surface area contributed by atoms with Gasteiger partial charge in [-0.1, -0.05) is 73.7 Å². The lowest BCUT2D eigenvalue weighted by Crippen LogP contribution is -2.46. The molecule has 2 unspecified atom stereocenters. The summed E-state index contributed by atoms with van der Waals surface area (Å²) in [5, 5.41) is -2.64. The molecule has 1 N–H and O–H groups in total. The number of rotatable bonds is 7. The summed E-state index contributed by atoms with van der Waals surface area (Å²) in [4.78, 5) is 4.09. The summed E-state index contributed by atoms with van der Waals surface area (Å²) in [6, 6.07) is 22.2. The molecule has 0 amide bonds. The van der Waals surface area contributed by atoms with Crippen LogP contribution in [0, 0.1) is 0 Å². The number of ether oxygens (including phenoxy) is 1. The zero-order valence-electron chi connectivity index (χ0n) is 14.7. The van der Waals surface area contributed by atoms with E-state index in [9.17, 15) is 8.76 Å². The summed E-state index contributed by atoms with van der Waals surface area (Å²) in [6.07, 6.45) is 0.251. The van der Waals surface area contributed by atoms with Gasteiger partial charge < -0.3 is 9.29 Å². The van der Waals surface area contributed by atoms with E-state index in [-0.39, 0.29) is 11.4 Å². The van der Waals surface area contributed by atoms with E-state index in [0.29, 0.717) is 0 Å². The minimum Gasteiger partial charge on any atom is -0.469 e. The van der Waals surface area contributed by atoms with E-state index in [1.807, 2.05) is 30.3 Å². The number of nitrogens with zero attached hydrogens (tertiary/aromatic N) is 1. The number of halogens is 1. The van der Waals surface area contributed by atoms with Crippen LogP contribution in [0.25, 0.3) is 0 Å². The molecule has 4 nitrogen and oxygen atoms in total. The van der Waals surface area contributed by atoms with Crippen molar-refractivity contribution >= 4 is 11.1 Å². The summed E-state index contributed by atoms with van der Waals surface area (Å²) in [6.45, 7) is 1.77. The molecule has 0 aliphatic heterocycles. The highest BCUT2D eigenvalue weighted by Gasteiger charge is 2.51. The monoisotopic (exact) mass is 385 g/mol. The molecule has 1 heterocycles. The summed E-state index contributed by atoms with van der Waals surface area (Å²) >= 11 is -2.84. The van der Waals surface area contributed by atoms with Gasteiger partial charge in [-0.15, -0.1) is 0 Å². The van der Waals surface area contributed by atoms with Gasteiger partial charge in [0.25, 0.3) is 5.00 Å². The molecule has 0 saturated heterocycles. The van der Waals surface area contributed by atoms with Crippen LogP contribution in [-0.2, 0) is 16.1 Å². The SMILES string of the molecule is CC(c1ccccc1)[C@H](Oc1ccccn1)[C@](F)(c1ccccc1)S(=O)O. The Morgan fingerprint density at radius 3 is 2.15 bits per heavy atom. The topological polar surface area (TPSA) is 59.4 Å². The van der Waals surface area contributed by atoms with E-state index in [2.05, 4.69) is 4.98 Å². The van der Waals surface area contributed by atoms with Crippen LogP contribution in [0.15, 0.2) is 85.1 Å². The fourth-order valence-corrected chi connectivity index (χ4v) is 3.80. The first kappa shape index (κ1) is 19.2. The van der Waals surface area contributed by atoms with Crippen LogP contribution < -0.4 is 4.74 Å². The first-order valence-corrected chi connectivity index (χ1v) is 9.62. The lowest BCUT2D eigenvalue weighted by molar-refractivity contribution is 0.0445. The highest BCUT2D eigenvalue weighted by molar-refractivity contribution is 7.80. The molecule has 0 bridgehead atoms. The van der Waals surface area contributed by atoms with Gasteiger partial charge in [0.05, 0.1) is 0 Å². The number of alkyl halides is 1. The van der Waals surface area contributed by atoms with Gasteiger partial charge in [-0.05, 0) is 11.6 Å². The first-order valence-electron chi connectivity index (χ1n) is 8.51. The van der Waals surface area contributed by atoms with Crippen molar-refractivity contribution in [1.82, 2.24) is 4.98 Å². The lowest BCUT2D eigenvalue weighted by atomic mass is 9.89. The van der Waals surface area contributed by atoms with Crippen molar-refractivity contribution < 1.29 is 17.9 Å². The van der Waals surface area contributed by atoms with Gasteiger partial charge >= 0.3 is 0 Å². The van der Waals surface area contributed by atoms with Gasteiger partial charge in [0.1, 0.15) is 0 Å². The fourth-order valence-electron chi connectivity index (χ4n) is 3.01. The molecule has 27 heavy (non-hydrogen) atoms. The maximum atomic E-state index is 16.2. The van der Waals surface area contributed by atoms with Crippen molar-refractivity contribution in [2.45, 2.75) is 23.9 Å². The Morgan fingerprint density at radius 2 is 1.59 bits per heavy atom. The Balaban J connectivity index is 2.10. The Bertz CT molecular complexity index is 880. The average Bonchev–Trinajstić information content (AvgIpc) is 2.73. The molecule has 140 valence electrons. The summed E-state index contributed by atoms with van der Waals surface area (Å²) in [7, 11) is 0. The van der Waals surface area contributed by atoms with Crippen molar-refractivity contribution in [2.75, 3.05) is 0 Å². The van der Waals surface area contributed by atoms with Gasteiger partial charge in [-0.2, -0.15) is 0 Å². The third kappa shape index (κ3) is 4.07. The van der Waals surface area contributed by atoms with Gasteiger partial charge in [0.15, 0.2) is 6.10 Å². The lowest BCUT2D eigenvalue weighted by Gasteiger charge is -2.35. The Hall–Kier alpha value is -2.57. The standard InChI is InChI=1S/C21H20FNO3S/c1-16(17-10-4-2-5-11-17)20(26-19-14-8-9-15-23-19)21(22,27(24)25)18-12-6-3-7-13-18/h2-16,20H,1H3,(H,24,25)/t16?,20-,21-/m0/s1. The zero-order valence-corrected chi connectivity index (χ0v) is 15.6. The quantitative estimate of drug-likeness (QED) is 0.600. The van der Waals surface area contributed by atoms with Crippen LogP contribution in [-0.4, -0.2) is 19.8 Å². The molecule has 1 aromatic heterocycles. The van der Waals surface area contributed by atoms with Gasteiger partial charge in [0, 0.05) is 23.7 Å². The Labute approximate surface area is 160 Å². The van der Waals surface area contributed by atoms with Crippen LogP contribution in [0.4, 0.5) is 4.39 Å². The molecule has 4 atom stereocenters. The third-order valence-corrected chi connectivity index (χ3v) is 5.43. The summed E-state index contributed by atoms with van der Waals surface area (Å²) in [5.74, 6) is -0.330. The van der Waals surface area contributed by atoms with E-state index in [4.69, 9.17) is 4.74 Å². The molecule has 0 radical (unpaired) electrons. The second kappa shape index (κ2) is 8.41. The number of pyridine rings is 1. The molecule has 0 spiro atoms. The fraction of sp³-hybridized carbons (Fsp3) is 0.190. The highest BCUT2D eigenvalue weighted by Crippen LogP contribution is 2.41. The number of benzene rings is 2. The molecule has 6 heteroatoms. The molecule has 2 aromatic carbocycles. The number of hydrogen-bond acceptors (Lipinski definition) is 3. The third-order valence-electron chi connectivity index (χ3n) is 4.45. The summed E-state index contributed by atoms with van der Waals surface area (Å²) in [5.41, 5.74) is 0.872. The van der Waals surface area contributed by atoms with E-state index in [1.165, 1.54) is 18.3 Å². The van der Waals surface area contributed by atoms with Gasteiger partial charge in [-0.3, -0.25) is 0 Å². The molecular weight excluding hydrogens is 365 g/mol. The minimum absolute atomic E-state index is 0.0783. The van der Waals surface area contributed by atoms with E-state index in [1.54, 1.807) is 43.3 Å². The average molecular weight is 385 g/mol. The molecular formula is C21H20FNO3S. The smallest absolute Gasteiger partial charge is 0.271 e. The Morgan fingerprint density at radius 1 is 1.00 bits per heavy atom. The normalized spacial score (nSPS) is 16.7. The van der Waals surface area contributed by atoms with Crippen molar-refractivity contribution in [3.63, 3.8) is 0 Å². The van der Waals surface area contributed by atoms with Crippen LogP contribution in [0.2, 0.25) is 0 Å². The molecule has 3 rings (SSSR count). The van der Waals surface area contributed by atoms with Gasteiger partial charge in [0.2, 0.25) is 17.0 Å². The molecule has 0 aliphatic carbocycles. The van der Waals surface area contributed by atoms with E-state index in [0.717, 1.165) is 5.56 Å². The first-order chi connectivity index (χ1) is 13.0. The number of aromatic nitrogens is 1. The highest BCUT2D eigenvalue weighted by atomic mass is 32.2. The van der Waals surface area contributed by atoms with Crippen LogP contribution >= 0.6 is 0 Å². The molecule has 0 saturated carbocycles. The largest absolute Gasteiger partial charge is 0.469 e. The molecule has 0 fully saturated rings. The van der Waals surface area contributed by atoms with Crippen molar-refractivity contribution in [3.8, 4) is 5.88 Å². The van der Waals surface area contributed by atoms with Crippen molar-refractivity contribution in [3.05, 3.63) is 96.2 Å². The maximum absolute atomic E-state index is 16.2. The van der Waals surface area contributed by atoms with E-state index >= 15 is 4.39 Å². The number of hydrogen-bond donors (Lipinski definition) is 1. The van der Waals surface area contributed by atoms with Gasteiger partial charge in [-0.25, -0.2) is 13.6 Å². The maximum Gasteiger partial charge on any atom is 0.271 e.